The maximum absolute atomic E-state index is 14.5. The van der Waals surface area contributed by atoms with Gasteiger partial charge in [0.25, 0.3) is 0 Å². The summed E-state index contributed by atoms with van der Waals surface area (Å²) in [4.78, 5) is 32.6. The van der Waals surface area contributed by atoms with Gasteiger partial charge in [-0.3, -0.25) is 4.79 Å². The monoisotopic (exact) mass is 553 g/mol. The van der Waals surface area contributed by atoms with Crippen molar-refractivity contribution in [3.8, 4) is 5.75 Å². The standard InChI is InChI=1S/C31H40FN3O5/c1-5-38-23(36)16-39-22-8-6-7-21(15-22)35(26(37)30-17-31(32,18-30)19-30)20-28-9-12-29(13-10-28,14-11-28)24-33-25(40-34-24)27(2,3)4/h6-8,15H,5,9-14,16-20H2,1-4H3. The Bertz CT molecular complexity index is 1270. The van der Waals surface area contributed by atoms with Crippen LogP contribution in [0, 0.1) is 10.8 Å². The van der Waals surface area contributed by atoms with Crippen molar-refractivity contribution in [1.82, 2.24) is 10.1 Å². The summed E-state index contributed by atoms with van der Waals surface area (Å²) >= 11 is 0. The molecule has 9 heteroatoms. The van der Waals surface area contributed by atoms with Crippen LogP contribution in [0.15, 0.2) is 28.8 Å². The number of ether oxygens (including phenoxy) is 2. The van der Waals surface area contributed by atoms with Crippen molar-refractivity contribution >= 4 is 17.6 Å². The van der Waals surface area contributed by atoms with Gasteiger partial charge >= 0.3 is 5.97 Å². The third kappa shape index (κ3) is 4.59. The smallest absolute Gasteiger partial charge is 0.344 e. The maximum atomic E-state index is 14.5. The lowest BCUT2D eigenvalue weighted by Gasteiger charge is -2.65. The molecule has 216 valence electrons. The van der Waals surface area contributed by atoms with Crippen LogP contribution in [0.2, 0.25) is 0 Å². The van der Waals surface area contributed by atoms with Gasteiger partial charge in [0.1, 0.15) is 11.4 Å². The number of anilines is 1. The predicted octanol–water partition coefficient (Wildman–Crippen LogP) is 5.83. The molecule has 0 atom stereocenters. The molecule has 6 fully saturated rings. The Morgan fingerprint density at radius 1 is 1.07 bits per heavy atom. The molecule has 0 unspecified atom stereocenters. The van der Waals surface area contributed by atoms with Gasteiger partial charge in [-0.1, -0.05) is 32.0 Å². The number of benzene rings is 1. The minimum Gasteiger partial charge on any atom is -0.482 e. The highest BCUT2D eigenvalue weighted by Crippen LogP contribution is 2.70. The van der Waals surface area contributed by atoms with Gasteiger partial charge in [0.05, 0.1) is 12.0 Å². The van der Waals surface area contributed by atoms with Crippen LogP contribution in [-0.2, 0) is 25.2 Å². The fraction of sp³-hybridized carbons (Fsp3) is 0.677. The number of aromatic nitrogens is 2. The summed E-state index contributed by atoms with van der Waals surface area (Å²) < 4.78 is 30.8. The van der Waals surface area contributed by atoms with Crippen molar-refractivity contribution in [2.24, 2.45) is 10.8 Å². The molecule has 1 aromatic heterocycles. The Morgan fingerprint density at radius 3 is 2.33 bits per heavy atom. The van der Waals surface area contributed by atoms with E-state index in [-0.39, 0.29) is 35.4 Å². The molecule has 0 N–H and O–H groups in total. The fourth-order valence-electron chi connectivity index (χ4n) is 7.46. The van der Waals surface area contributed by atoms with Crippen molar-refractivity contribution in [3.63, 3.8) is 0 Å². The summed E-state index contributed by atoms with van der Waals surface area (Å²) in [6.45, 7) is 8.66. The van der Waals surface area contributed by atoms with Crippen molar-refractivity contribution in [2.75, 3.05) is 24.7 Å². The minimum atomic E-state index is -1.16. The summed E-state index contributed by atoms with van der Waals surface area (Å²) in [5, 5.41) is 4.41. The van der Waals surface area contributed by atoms with Gasteiger partial charge in [-0.05, 0) is 82.3 Å². The lowest BCUT2D eigenvalue weighted by molar-refractivity contribution is -0.211. The first-order valence-electron chi connectivity index (χ1n) is 14.6. The number of amides is 1. The van der Waals surface area contributed by atoms with Crippen LogP contribution in [0.1, 0.15) is 97.2 Å². The Morgan fingerprint density at radius 2 is 1.75 bits per heavy atom. The number of rotatable bonds is 9. The van der Waals surface area contributed by atoms with Gasteiger partial charge in [0.15, 0.2) is 12.4 Å². The zero-order valence-electron chi connectivity index (χ0n) is 24.1. The number of halogens is 1. The second kappa shape index (κ2) is 9.28. The first-order chi connectivity index (χ1) is 18.9. The second-order valence-corrected chi connectivity index (χ2v) is 13.9. The van der Waals surface area contributed by atoms with E-state index in [9.17, 15) is 14.0 Å². The third-order valence-electron chi connectivity index (χ3n) is 9.89. The SMILES string of the molecule is CCOC(=O)COc1cccc(N(CC23CCC(c4noc(C(C)(C)C)n4)(CC2)CC3)C(=O)C23CC(F)(C2)C3)c1. The molecule has 1 heterocycles. The number of alkyl halides is 1. The molecule has 40 heavy (non-hydrogen) atoms. The number of fused-ring (bicyclic) bond motifs is 3. The van der Waals surface area contributed by atoms with Crippen LogP contribution >= 0.6 is 0 Å². The van der Waals surface area contributed by atoms with Crippen molar-refractivity contribution in [2.45, 2.75) is 102 Å². The number of nitrogens with zero attached hydrogens (tertiary/aromatic N) is 3. The average Bonchev–Trinajstić information content (AvgIpc) is 3.42. The molecule has 0 saturated heterocycles. The Hall–Kier alpha value is -2.97. The molecule has 6 aliphatic rings. The first kappa shape index (κ1) is 27.2. The Kier molecular flexibility index (Phi) is 6.31. The van der Waals surface area contributed by atoms with Crippen molar-refractivity contribution < 1.29 is 28.0 Å². The van der Waals surface area contributed by atoms with Gasteiger partial charge in [0.2, 0.25) is 11.8 Å². The van der Waals surface area contributed by atoms with E-state index in [0.29, 0.717) is 37.4 Å². The van der Waals surface area contributed by atoms with E-state index in [4.69, 9.17) is 19.0 Å². The van der Waals surface area contributed by atoms with E-state index in [1.54, 1.807) is 13.0 Å². The molecular formula is C31H40FN3O5. The second-order valence-electron chi connectivity index (χ2n) is 13.9. The lowest BCUT2D eigenvalue weighted by Crippen LogP contribution is -2.71. The summed E-state index contributed by atoms with van der Waals surface area (Å²) in [7, 11) is 0. The first-order valence-corrected chi connectivity index (χ1v) is 14.6. The fourth-order valence-corrected chi connectivity index (χ4v) is 7.46. The molecule has 1 amide bonds. The zero-order chi connectivity index (χ0) is 28.4. The Balaban J connectivity index is 1.21. The topological polar surface area (TPSA) is 94.8 Å². The summed E-state index contributed by atoms with van der Waals surface area (Å²) in [6, 6.07) is 7.33. The number of carbonyl (C=O) groups is 2. The van der Waals surface area contributed by atoms with E-state index in [2.05, 4.69) is 25.9 Å². The van der Waals surface area contributed by atoms with Gasteiger partial charge in [-0.2, -0.15) is 4.98 Å². The van der Waals surface area contributed by atoms with Gasteiger partial charge in [-0.15, -0.1) is 0 Å². The quantitative estimate of drug-likeness (QED) is 0.361. The van der Waals surface area contributed by atoms with Crippen molar-refractivity contribution in [3.05, 3.63) is 36.0 Å². The number of hydrogen-bond donors (Lipinski definition) is 0. The highest BCUT2D eigenvalue weighted by Gasteiger charge is 2.73. The third-order valence-corrected chi connectivity index (χ3v) is 9.89. The normalized spacial score (nSPS) is 32.1. The van der Waals surface area contributed by atoms with Crippen LogP contribution in [-0.4, -0.2) is 47.4 Å². The summed E-state index contributed by atoms with van der Waals surface area (Å²) in [5.41, 5.74) is -1.30. The van der Waals surface area contributed by atoms with Gasteiger partial charge in [0, 0.05) is 29.1 Å². The van der Waals surface area contributed by atoms with Crippen LogP contribution in [0.3, 0.4) is 0 Å². The molecule has 4 bridgehead atoms. The maximum Gasteiger partial charge on any atom is 0.344 e. The zero-order valence-corrected chi connectivity index (χ0v) is 24.1. The molecule has 6 saturated carbocycles. The lowest BCUT2D eigenvalue weighted by atomic mass is 9.41. The average molecular weight is 554 g/mol. The Labute approximate surface area is 235 Å². The van der Waals surface area contributed by atoms with Crippen LogP contribution in [0.25, 0.3) is 0 Å². The van der Waals surface area contributed by atoms with E-state index in [1.807, 2.05) is 23.1 Å². The summed E-state index contributed by atoms with van der Waals surface area (Å²) in [5.74, 6) is 1.57. The van der Waals surface area contributed by atoms with Gasteiger partial charge in [-0.25, -0.2) is 9.18 Å². The number of carbonyl (C=O) groups excluding carboxylic acids is 2. The number of hydrogen-bond acceptors (Lipinski definition) is 7. The highest BCUT2D eigenvalue weighted by molar-refractivity contribution is 6.00. The summed E-state index contributed by atoms with van der Waals surface area (Å²) in [6.07, 6.45) is 6.73. The molecule has 0 aliphatic heterocycles. The molecule has 6 aliphatic carbocycles. The minimum absolute atomic E-state index is 0.0133. The molecule has 0 radical (unpaired) electrons. The predicted molar refractivity (Wildman–Crippen MR) is 146 cm³/mol. The largest absolute Gasteiger partial charge is 0.482 e. The van der Waals surface area contributed by atoms with E-state index in [0.717, 1.165) is 50.0 Å². The molecule has 8 nitrogen and oxygen atoms in total. The van der Waals surface area contributed by atoms with Gasteiger partial charge < -0.3 is 18.9 Å². The van der Waals surface area contributed by atoms with E-state index < -0.39 is 17.1 Å². The molecular weight excluding hydrogens is 513 g/mol. The molecule has 8 rings (SSSR count). The van der Waals surface area contributed by atoms with E-state index in [1.165, 1.54) is 0 Å². The molecule has 2 aromatic rings. The van der Waals surface area contributed by atoms with Crippen LogP contribution < -0.4 is 9.64 Å². The van der Waals surface area contributed by atoms with E-state index >= 15 is 0 Å². The molecule has 1 aromatic carbocycles. The van der Waals surface area contributed by atoms with Crippen LogP contribution in [0.4, 0.5) is 10.1 Å². The highest BCUT2D eigenvalue weighted by atomic mass is 19.1. The van der Waals surface area contributed by atoms with Crippen LogP contribution in [0.5, 0.6) is 5.75 Å². The molecule has 0 spiro atoms. The van der Waals surface area contributed by atoms with Crippen molar-refractivity contribution in [1.29, 1.82) is 0 Å². The number of esters is 1.